The van der Waals surface area contributed by atoms with Gasteiger partial charge in [-0.05, 0) is 51.0 Å². The number of nitrogens with zero attached hydrogens (tertiary/aromatic N) is 2. The van der Waals surface area contributed by atoms with Gasteiger partial charge in [0.1, 0.15) is 0 Å². The summed E-state index contributed by atoms with van der Waals surface area (Å²) in [6, 6.07) is 2.07. The van der Waals surface area contributed by atoms with E-state index in [2.05, 4.69) is 31.9 Å². The molecule has 120 valence electrons. The van der Waals surface area contributed by atoms with Gasteiger partial charge in [0.15, 0.2) is 0 Å². The number of aliphatic hydroxyl groups excluding tert-OH is 1. The van der Waals surface area contributed by atoms with Crippen molar-refractivity contribution in [3.05, 3.63) is 17.5 Å². The van der Waals surface area contributed by atoms with Crippen LogP contribution in [0.25, 0.3) is 0 Å². The molecule has 1 aliphatic rings. The Morgan fingerprint density at radius 3 is 2.48 bits per heavy atom. The highest BCUT2D eigenvalue weighted by molar-refractivity contribution is 5.12. The Bertz CT molecular complexity index is 469. The maximum atomic E-state index is 10.8. The number of rotatable bonds is 5. The molecule has 1 atom stereocenters. The second kappa shape index (κ2) is 6.09. The molecule has 4 nitrogen and oxygen atoms in total. The fourth-order valence-electron chi connectivity index (χ4n) is 3.44. The summed E-state index contributed by atoms with van der Waals surface area (Å²) in [6.45, 7) is 9.51. The van der Waals surface area contributed by atoms with E-state index in [9.17, 15) is 5.11 Å². The minimum Gasteiger partial charge on any atom is -0.390 e. The van der Waals surface area contributed by atoms with Gasteiger partial charge >= 0.3 is 0 Å². The van der Waals surface area contributed by atoms with E-state index in [0.29, 0.717) is 11.8 Å². The number of aromatic nitrogens is 2. The molecule has 2 rings (SSSR count). The number of hydrogen-bond donors (Lipinski definition) is 1. The number of aryl methyl sites for hydroxylation is 2. The topological polar surface area (TPSA) is 47.3 Å². The minimum atomic E-state index is -0.472. The third-order valence-corrected chi connectivity index (χ3v) is 5.15. The van der Waals surface area contributed by atoms with Crippen molar-refractivity contribution in [1.29, 1.82) is 0 Å². The summed E-state index contributed by atoms with van der Waals surface area (Å²) in [7, 11) is 1.74. The van der Waals surface area contributed by atoms with Crippen LogP contribution in [0.1, 0.15) is 57.8 Å². The van der Waals surface area contributed by atoms with Gasteiger partial charge in [-0.25, -0.2) is 0 Å². The monoisotopic (exact) mass is 294 g/mol. The first-order valence-electron chi connectivity index (χ1n) is 8.08. The average Bonchev–Trinajstić information content (AvgIpc) is 2.79. The quantitative estimate of drug-likeness (QED) is 0.907. The van der Waals surface area contributed by atoms with E-state index in [1.165, 1.54) is 0 Å². The lowest BCUT2D eigenvalue weighted by Gasteiger charge is -2.45. The molecule has 1 heterocycles. The Hall–Kier alpha value is -0.870. The van der Waals surface area contributed by atoms with E-state index >= 15 is 0 Å². The van der Waals surface area contributed by atoms with E-state index in [1.54, 1.807) is 7.11 Å². The zero-order valence-electron chi connectivity index (χ0n) is 14.1. The van der Waals surface area contributed by atoms with E-state index < -0.39 is 11.7 Å². The van der Waals surface area contributed by atoms with Crippen molar-refractivity contribution in [3.8, 4) is 0 Å². The summed E-state index contributed by atoms with van der Waals surface area (Å²) >= 11 is 0. The normalized spacial score (nSPS) is 22.2. The lowest BCUT2D eigenvalue weighted by atomic mass is 9.68. The molecule has 1 unspecified atom stereocenters. The molecule has 1 fully saturated rings. The van der Waals surface area contributed by atoms with Crippen molar-refractivity contribution in [3.63, 3.8) is 0 Å². The Morgan fingerprint density at radius 2 is 1.95 bits per heavy atom. The van der Waals surface area contributed by atoms with Crippen LogP contribution in [-0.2, 0) is 17.7 Å². The number of methoxy groups -OCH3 is 1. The third-order valence-electron chi connectivity index (χ3n) is 5.15. The van der Waals surface area contributed by atoms with Crippen LogP contribution in [0.4, 0.5) is 0 Å². The summed E-state index contributed by atoms with van der Waals surface area (Å²) in [5.41, 5.74) is 2.08. The van der Waals surface area contributed by atoms with E-state index in [0.717, 1.165) is 43.6 Å². The number of hydrogen-bond acceptors (Lipinski definition) is 3. The van der Waals surface area contributed by atoms with Gasteiger partial charge in [-0.2, -0.15) is 5.10 Å². The molecule has 1 saturated carbocycles. The molecular formula is C17H30N2O2. The van der Waals surface area contributed by atoms with Gasteiger partial charge in [0.2, 0.25) is 0 Å². The van der Waals surface area contributed by atoms with Crippen molar-refractivity contribution >= 4 is 0 Å². The van der Waals surface area contributed by atoms with Crippen LogP contribution in [0.15, 0.2) is 6.07 Å². The second-order valence-electron chi connectivity index (χ2n) is 7.25. The zero-order chi connectivity index (χ0) is 15.7. The van der Waals surface area contributed by atoms with Crippen LogP contribution in [0.2, 0.25) is 0 Å². The first-order chi connectivity index (χ1) is 9.82. The minimum absolute atomic E-state index is 0.365. The Morgan fingerprint density at radius 1 is 1.33 bits per heavy atom. The highest BCUT2D eigenvalue weighted by atomic mass is 16.5. The molecule has 1 aromatic rings. The highest BCUT2D eigenvalue weighted by Gasteiger charge is 2.43. The van der Waals surface area contributed by atoms with E-state index in [-0.39, 0.29) is 0 Å². The third kappa shape index (κ3) is 3.49. The molecule has 0 radical (unpaired) electrons. The molecule has 0 saturated heterocycles. The van der Waals surface area contributed by atoms with E-state index in [4.69, 9.17) is 4.74 Å². The molecule has 0 amide bonds. The van der Waals surface area contributed by atoms with E-state index in [1.807, 2.05) is 11.6 Å². The molecule has 4 heteroatoms. The van der Waals surface area contributed by atoms with Crippen molar-refractivity contribution in [2.75, 3.05) is 7.11 Å². The Kier molecular flexibility index (Phi) is 4.79. The van der Waals surface area contributed by atoms with Crippen molar-refractivity contribution in [2.24, 2.45) is 5.41 Å². The van der Waals surface area contributed by atoms with Gasteiger partial charge in [-0.1, -0.05) is 13.8 Å². The lowest BCUT2D eigenvalue weighted by molar-refractivity contribution is -0.135. The molecule has 0 spiro atoms. The second-order valence-corrected chi connectivity index (χ2v) is 7.25. The van der Waals surface area contributed by atoms with Gasteiger partial charge in [0.25, 0.3) is 0 Å². The summed E-state index contributed by atoms with van der Waals surface area (Å²) in [5.74, 6) is 0. The highest BCUT2D eigenvalue weighted by Crippen LogP contribution is 2.43. The van der Waals surface area contributed by atoms with Crippen LogP contribution < -0.4 is 0 Å². The van der Waals surface area contributed by atoms with Gasteiger partial charge < -0.3 is 9.84 Å². The average molecular weight is 294 g/mol. The van der Waals surface area contributed by atoms with Crippen LogP contribution in [0.5, 0.6) is 0 Å². The summed E-state index contributed by atoms with van der Waals surface area (Å²) in [4.78, 5) is 0. The molecule has 21 heavy (non-hydrogen) atoms. The molecule has 0 bridgehead atoms. The molecular weight excluding hydrogens is 264 g/mol. The van der Waals surface area contributed by atoms with Crippen molar-refractivity contribution in [1.82, 2.24) is 9.78 Å². The van der Waals surface area contributed by atoms with Crippen molar-refractivity contribution < 1.29 is 9.84 Å². The molecule has 0 aliphatic heterocycles. The Balaban J connectivity index is 2.12. The maximum absolute atomic E-state index is 10.8. The van der Waals surface area contributed by atoms with Crippen LogP contribution >= 0.6 is 0 Å². The molecule has 1 aromatic heterocycles. The molecule has 0 aromatic carbocycles. The summed E-state index contributed by atoms with van der Waals surface area (Å²) in [5, 5.41) is 15.3. The molecule has 1 N–H and O–H groups in total. The summed E-state index contributed by atoms with van der Waals surface area (Å²) < 4.78 is 7.79. The SMILES string of the molecule is CCn1nc(C)cc1CC(O)C1(OC)CCC(C)(C)CC1. The predicted molar refractivity (Wildman–Crippen MR) is 84.3 cm³/mol. The van der Waals surface area contributed by atoms with Crippen LogP contribution in [0, 0.1) is 12.3 Å². The standard InChI is InChI=1S/C17H30N2O2/c1-6-19-14(11-13(2)18-19)12-15(20)17(21-5)9-7-16(3,4)8-10-17/h11,15,20H,6-10,12H2,1-5H3. The van der Waals surface area contributed by atoms with Crippen molar-refractivity contribution in [2.45, 2.75) is 78.0 Å². The first-order valence-corrected chi connectivity index (χ1v) is 8.08. The van der Waals surface area contributed by atoms with Crippen LogP contribution in [0.3, 0.4) is 0 Å². The fourth-order valence-corrected chi connectivity index (χ4v) is 3.44. The summed E-state index contributed by atoms with van der Waals surface area (Å²) in [6.07, 6.45) is 4.20. The largest absolute Gasteiger partial charge is 0.390 e. The van der Waals surface area contributed by atoms with Crippen LogP contribution in [-0.4, -0.2) is 33.7 Å². The fraction of sp³-hybridized carbons (Fsp3) is 0.824. The maximum Gasteiger partial charge on any atom is 0.0940 e. The lowest BCUT2D eigenvalue weighted by Crippen LogP contribution is -2.49. The first kappa shape index (κ1) is 16.5. The predicted octanol–water partition coefficient (Wildman–Crippen LogP) is 3.10. The zero-order valence-corrected chi connectivity index (χ0v) is 14.1. The number of aliphatic hydroxyl groups is 1. The Labute approximate surface area is 128 Å². The van der Waals surface area contributed by atoms with Gasteiger partial charge in [0.05, 0.1) is 17.4 Å². The number of ether oxygens (including phenoxy) is 1. The van der Waals surface area contributed by atoms with Gasteiger partial charge in [-0.15, -0.1) is 0 Å². The van der Waals surface area contributed by atoms with Gasteiger partial charge in [0, 0.05) is 25.8 Å². The smallest absolute Gasteiger partial charge is 0.0940 e. The van der Waals surface area contributed by atoms with Gasteiger partial charge in [-0.3, -0.25) is 4.68 Å². The molecule has 1 aliphatic carbocycles.